The second-order valence-electron chi connectivity index (χ2n) is 6.75. The van der Waals surface area contributed by atoms with Gasteiger partial charge in [0.15, 0.2) is 0 Å². The highest BCUT2D eigenvalue weighted by molar-refractivity contribution is 5.99. The molecule has 1 fully saturated rings. The normalized spacial score (nSPS) is 15.5. The molecule has 9 heteroatoms. The van der Waals surface area contributed by atoms with Crippen LogP contribution in [-0.2, 0) is 6.54 Å². The Labute approximate surface area is 161 Å². The van der Waals surface area contributed by atoms with Gasteiger partial charge in [-0.05, 0) is 31.0 Å². The average Bonchev–Trinajstić information content (AvgIpc) is 3.34. The largest absolute Gasteiger partial charge is 0.364 e. The highest BCUT2D eigenvalue weighted by Gasteiger charge is 2.23. The number of carbonyl (C=O) groups is 1. The van der Waals surface area contributed by atoms with Crippen LogP contribution in [-0.4, -0.2) is 39.0 Å². The molecule has 28 heavy (non-hydrogen) atoms. The van der Waals surface area contributed by atoms with Crippen molar-refractivity contribution in [2.75, 3.05) is 23.7 Å². The molecule has 2 aromatic heterocycles. The lowest BCUT2D eigenvalue weighted by molar-refractivity contribution is 0.170. The van der Waals surface area contributed by atoms with Gasteiger partial charge in [-0.3, -0.25) is 10.2 Å². The van der Waals surface area contributed by atoms with Gasteiger partial charge in [0.2, 0.25) is 0 Å². The fraction of sp³-hybridized carbons (Fsp3) is 0.316. The van der Waals surface area contributed by atoms with Crippen LogP contribution < -0.4 is 10.6 Å². The number of carbonyl (C=O) groups excluding carboxylic acids is 1. The highest BCUT2D eigenvalue weighted by Crippen LogP contribution is 2.26. The third-order valence-corrected chi connectivity index (χ3v) is 4.77. The lowest BCUT2D eigenvalue weighted by Gasteiger charge is -2.32. The van der Waals surface area contributed by atoms with E-state index >= 15 is 0 Å². The molecule has 146 valence electrons. The van der Waals surface area contributed by atoms with Crippen molar-refractivity contribution in [2.24, 2.45) is 0 Å². The van der Waals surface area contributed by atoms with Crippen molar-refractivity contribution in [3.63, 3.8) is 0 Å². The lowest BCUT2D eigenvalue weighted by Crippen LogP contribution is -2.35. The van der Waals surface area contributed by atoms with Gasteiger partial charge in [-0.15, -0.1) is 0 Å². The molecule has 2 N–H and O–H groups in total. The number of hydrogen-bond donors (Lipinski definition) is 2. The molecule has 0 radical (unpaired) electrons. The molecule has 3 aromatic rings. The maximum atomic E-state index is 13.3. The molecular weight excluding hydrogens is 363 g/mol. The summed E-state index contributed by atoms with van der Waals surface area (Å²) in [7, 11) is 0. The molecule has 0 atom stereocenters. The van der Waals surface area contributed by atoms with Crippen LogP contribution in [0.3, 0.4) is 0 Å². The van der Waals surface area contributed by atoms with E-state index in [4.69, 9.17) is 4.52 Å². The Hall–Kier alpha value is -3.20. The Balaban J connectivity index is 1.33. The zero-order valence-electron chi connectivity index (χ0n) is 15.2. The first-order chi connectivity index (χ1) is 13.7. The number of benzene rings is 1. The molecule has 8 nitrogen and oxygen atoms in total. The molecule has 1 aromatic carbocycles. The maximum Gasteiger partial charge on any atom is 0.324 e. The zero-order valence-corrected chi connectivity index (χ0v) is 15.2. The average molecular weight is 384 g/mol. The van der Waals surface area contributed by atoms with E-state index in [-0.39, 0.29) is 6.04 Å². The minimum atomic E-state index is -0.434. The third-order valence-electron chi connectivity index (χ3n) is 4.77. The van der Waals surface area contributed by atoms with E-state index in [0.29, 0.717) is 11.5 Å². The number of anilines is 2. The van der Waals surface area contributed by atoms with Crippen molar-refractivity contribution in [1.82, 2.24) is 19.8 Å². The molecule has 2 amide bonds. The van der Waals surface area contributed by atoms with E-state index in [0.717, 1.165) is 38.2 Å². The molecule has 1 aliphatic rings. The molecule has 0 unspecified atom stereocenters. The molecule has 4 rings (SSSR count). The first kappa shape index (κ1) is 18.2. The van der Waals surface area contributed by atoms with E-state index in [1.54, 1.807) is 30.7 Å². The molecule has 0 saturated carbocycles. The molecule has 0 bridgehead atoms. The van der Waals surface area contributed by atoms with E-state index in [1.807, 2.05) is 10.7 Å². The molecule has 0 aliphatic carbocycles. The summed E-state index contributed by atoms with van der Waals surface area (Å²) >= 11 is 0. The Bertz CT molecular complexity index is 918. The number of halogens is 1. The van der Waals surface area contributed by atoms with Crippen LogP contribution in [0, 0.1) is 5.82 Å². The number of urea groups is 1. The maximum absolute atomic E-state index is 13.3. The fourth-order valence-corrected chi connectivity index (χ4v) is 3.42. The Kier molecular flexibility index (Phi) is 5.34. The van der Waals surface area contributed by atoms with Crippen molar-refractivity contribution in [3.05, 3.63) is 60.4 Å². The standard InChI is InChI=1S/C19H21FN6O2/c20-14-2-1-3-15(12-14)22-19(27)23-18-4-8-21-26(18)17-5-9-25(10-6-17)13-16-7-11-28-24-16/h1-4,7-8,11-12,17H,5-6,9-10,13H2,(H2,22,23,27). The van der Waals surface area contributed by atoms with E-state index < -0.39 is 11.8 Å². The highest BCUT2D eigenvalue weighted by atomic mass is 19.1. The third kappa shape index (κ3) is 4.37. The van der Waals surface area contributed by atoms with Crippen LogP contribution in [0.4, 0.5) is 20.7 Å². The van der Waals surface area contributed by atoms with E-state index in [9.17, 15) is 9.18 Å². The van der Waals surface area contributed by atoms with Gasteiger partial charge >= 0.3 is 6.03 Å². The minimum absolute atomic E-state index is 0.202. The van der Waals surface area contributed by atoms with Crippen LogP contribution in [0.15, 0.2) is 53.4 Å². The van der Waals surface area contributed by atoms with Crippen LogP contribution in [0.2, 0.25) is 0 Å². The van der Waals surface area contributed by atoms with E-state index in [1.165, 1.54) is 12.1 Å². The van der Waals surface area contributed by atoms with Crippen molar-refractivity contribution < 1.29 is 13.7 Å². The van der Waals surface area contributed by atoms with Gasteiger partial charge in [-0.25, -0.2) is 13.9 Å². The Morgan fingerprint density at radius 2 is 2.07 bits per heavy atom. The fourth-order valence-electron chi connectivity index (χ4n) is 3.42. The molecule has 1 saturated heterocycles. The summed E-state index contributed by atoms with van der Waals surface area (Å²) in [6, 6.07) is 9.16. The van der Waals surface area contributed by atoms with Crippen LogP contribution in [0.5, 0.6) is 0 Å². The van der Waals surface area contributed by atoms with Gasteiger partial charge in [-0.1, -0.05) is 11.2 Å². The second kappa shape index (κ2) is 8.22. The quantitative estimate of drug-likeness (QED) is 0.703. The van der Waals surface area contributed by atoms with Gasteiger partial charge in [0.1, 0.15) is 17.9 Å². The lowest BCUT2D eigenvalue weighted by atomic mass is 10.1. The summed E-state index contributed by atoms with van der Waals surface area (Å²) in [6.07, 6.45) is 5.08. The number of aromatic nitrogens is 3. The Morgan fingerprint density at radius 3 is 2.82 bits per heavy atom. The SMILES string of the molecule is O=C(Nc1cccc(F)c1)Nc1ccnn1C1CCN(Cc2ccon2)CC1. The summed E-state index contributed by atoms with van der Waals surface area (Å²) < 4.78 is 20.0. The van der Waals surface area contributed by atoms with Gasteiger partial charge in [0.25, 0.3) is 0 Å². The predicted octanol–water partition coefficient (Wildman–Crippen LogP) is 3.49. The van der Waals surface area contributed by atoms with Crippen LogP contribution in [0.25, 0.3) is 0 Å². The smallest absolute Gasteiger partial charge is 0.324 e. The second-order valence-corrected chi connectivity index (χ2v) is 6.75. The number of piperidine rings is 1. The molecule has 3 heterocycles. The molecule has 1 aliphatic heterocycles. The number of amides is 2. The van der Waals surface area contributed by atoms with Crippen molar-refractivity contribution in [2.45, 2.75) is 25.4 Å². The number of nitrogens with zero attached hydrogens (tertiary/aromatic N) is 4. The van der Waals surface area contributed by atoms with Crippen LogP contribution >= 0.6 is 0 Å². The summed E-state index contributed by atoms with van der Waals surface area (Å²) in [4.78, 5) is 14.6. The zero-order chi connectivity index (χ0) is 19.3. The number of likely N-dealkylation sites (tertiary alicyclic amines) is 1. The van der Waals surface area contributed by atoms with Gasteiger partial charge in [-0.2, -0.15) is 5.10 Å². The first-order valence-electron chi connectivity index (χ1n) is 9.16. The Morgan fingerprint density at radius 1 is 1.21 bits per heavy atom. The molecular formula is C19H21FN6O2. The van der Waals surface area contributed by atoms with E-state index in [2.05, 4.69) is 25.8 Å². The summed E-state index contributed by atoms with van der Waals surface area (Å²) in [5.41, 5.74) is 1.32. The predicted molar refractivity (Wildman–Crippen MR) is 101 cm³/mol. The van der Waals surface area contributed by atoms with Gasteiger partial charge in [0, 0.05) is 37.5 Å². The van der Waals surface area contributed by atoms with Crippen molar-refractivity contribution in [3.8, 4) is 0 Å². The molecule has 0 spiro atoms. The summed E-state index contributed by atoms with van der Waals surface area (Å²) in [5.74, 6) is 0.212. The van der Waals surface area contributed by atoms with Gasteiger partial charge < -0.3 is 9.84 Å². The first-order valence-corrected chi connectivity index (χ1v) is 9.16. The topological polar surface area (TPSA) is 88.2 Å². The van der Waals surface area contributed by atoms with Crippen molar-refractivity contribution in [1.29, 1.82) is 0 Å². The summed E-state index contributed by atoms with van der Waals surface area (Å²) in [5, 5.41) is 13.8. The van der Waals surface area contributed by atoms with Gasteiger partial charge in [0.05, 0.1) is 17.9 Å². The van der Waals surface area contributed by atoms with Crippen LogP contribution in [0.1, 0.15) is 24.6 Å². The van der Waals surface area contributed by atoms with Crippen molar-refractivity contribution >= 4 is 17.5 Å². The minimum Gasteiger partial charge on any atom is -0.364 e. The summed E-state index contributed by atoms with van der Waals surface area (Å²) in [6.45, 7) is 2.59. The monoisotopic (exact) mass is 384 g/mol. The number of hydrogen-bond acceptors (Lipinski definition) is 5. The number of nitrogens with one attached hydrogen (secondary N) is 2. The number of rotatable bonds is 5.